The second kappa shape index (κ2) is 12.2. The summed E-state index contributed by atoms with van der Waals surface area (Å²) in [5.41, 5.74) is 5.38. The number of aliphatic carboxylic acids is 2. The van der Waals surface area contributed by atoms with Gasteiger partial charge in [0.25, 0.3) is 0 Å². The molecule has 3 amide bonds. The van der Waals surface area contributed by atoms with Crippen LogP contribution in [0, 0.1) is 5.92 Å². The zero-order valence-corrected chi connectivity index (χ0v) is 16.3. The lowest BCUT2D eigenvalue weighted by Gasteiger charge is -2.26. The maximum absolute atomic E-state index is 12.3. The third-order valence-electron chi connectivity index (χ3n) is 3.59. The Morgan fingerprint density at radius 3 is 1.86 bits per heavy atom. The molecule has 0 fully saturated rings. The molecule has 0 bridgehead atoms. The number of aliphatic hydroxyl groups is 1. The number of carbonyl (C=O) groups is 5. The van der Waals surface area contributed by atoms with Crippen LogP contribution < -0.4 is 21.7 Å². The molecule has 0 aliphatic rings. The molecule has 0 rings (SSSR count). The van der Waals surface area contributed by atoms with E-state index >= 15 is 0 Å². The number of hydrogen-bond acceptors (Lipinski definition) is 8. The summed E-state index contributed by atoms with van der Waals surface area (Å²) >= 11 is 3.83. The molecule has 0 spiro atoms. The lowest BCUT2D eigenvalue weighted by molar-refractivity contribution is -0.142. The highest BCUT2D eigenvalue weighted by Gasteiger charge is 2.31. The molecule has 8 N–H and O–H groups in total. The summed E-state index contributed by atoms with van der Waals surface area (Å²) in [4.78, 5) is 58.0. The van der Waals surface area contributed by atoms with Crippen molar-refractivity contribution >= 4 is 42.3 Å². The highest BCUT2D eigenvalue weighted by Crippen LogP contribution is 2.04. The Morgan fingerprint density at radius 2 is 1.46 bits per heavy atom. The predicted octanol–water partition coefficient (Wildman–Crippen LogP) is -3.09. The number of amides is 3. The monoisotopic (exact) mass is 422 g/mol. The van der Waals surface area contributed by atoms with Gasteiger partial charge >= 0.3 is 11.9 Å². The van der Waals surface area contributed by atoms with Gasteiger partial charge in [0, 0.05) is 5.75 Å². The molecule has 4 unspecified atom stereocenters. The molecule has 0 aliphatic heterocycles. The van der Waals surface area contributed by atoms with E-state index in [1.165, 1.54) is 0 Å². The van der Waals surface area contributed by atoms with Gasteiger partial charge in [-0.1, -0.05) is 13.8 Å². The molecule has 4 atom stereocenters. The molecule has 0 aliphatic carbocycles. The minimum atomic E-state index is -1.48. The molecular formula is C15H26N4O8S. The van der Waals surface area contributed by atoms with E-state index in [9.17, 15) is 29.1 Å². The zero-order chi connectivity index (χ0) is 22.0. The fraction of sp³-hybridized carbons (Fsp3) is 0.667. The van der Waals surface area contributed by atoms with Crippen LogP contribution >= 0.6 is 12.6 Å². The van der Waals surface area contributed by atoms with Crippen molar-refractivity contribution in [2.75, 3.05) is 12.4 Å². The topological polar surface area (TPSA) is 208 Å². The van der Waals surface area contributed by atoms with Crippen LogP contribution in [0.4, 0.5) is 0 Å². The molecule has 12 nitrogen and oxygen atoms in total. The van der Waals surface area contributed by atoms with Crippen molar-refractivity contribution in [3.8, 4) is 0 Å². The highest BCUT2D eigenvalue weighted by atomic mass is 32.1. The van der Waals surface area contributed by atoms with Gasteiger partial charge in [0.2, 0.25) is 17.7 Å². The molecule has 160 valence electrons. The first-order valence-corrected chi connectivity index (χ1v) is 8.90. The first kappa shape index (κ1) is 25.6. The van der Waals surface area contributed by atoms with Gasteiger partial charge in [0.05, 0.1) is 19.1 Å². The van der Waals surface area contributed by atoms with Crippen LogP contribution in [0.15, 0.2) is 0 Å². The van der Waals surface area contributed by atoms with Crippen molar-refractivity contribution < 1.29 is 39.3 Å². The number of thiol groups is 1. The lowest BCUT2D eigenvalue weighted by Crippen LogP contribution is -2.59. The summed E-state index contributed by atoms with van der Waals surface area (Å²) in [5, 5.41) is 33.6. The van der Waals surface area contributed by atoms with E-state index in [4.69, 9.17) is 15.9 Å². The summed E-state index contributed by atoms with van der Waals surface area (Å²) in [7, 11) is 0. The molecule has 0 saturated carbocycles. The number of aliphatic hydroxyl groups excluding tert-OH is 1. The van der Waals surface area contributed by atoms with Crippen LogP contribution in [-0.4, -0.2) is 81.5 Å². The molecular weight excluding hydrogens is 396 g/mol. The number of carboxylic acids is 2. The number of carbonyl (C=O) groups excluding carboxylic acids is 3. The first-order valence-electron chi connectivity index (χ1n) is 8.27. The lowest BCUT2D eigenvalue weighted by atomic mass is 10.0. The van der Waals surface area contributed by atoms with E-state index in [2.05, 4.69) is 28.6 Å². The van der Waals surface area contributed by atoms with Crippen molar-refractivity contribution in [2.45, 2.75) is 44.4 Å². The molecule has 0 radical (unpaired) electrons. The average molecular weight is 422 g/mol. The van der Waals surface area contributed by atoms with Crippen LogP contribution in [-0.2, 0) is 24.0 Å². The molecule has 13 heteroatoms. The predicted molar refractivity (Wildman–Crippen MR) is 99.4 cm³/mol. The molecule has 0 aromatic rings. The minimum Gasteiger partial charge on any atom is -0.481 e. The molecule has 28 heavy (non-hydrogen) atoms. The highest BCUT2D eigenvalue weighted by molar-refractivity contribution is 7.80. The third kappa shape index (κ3) is 8.54. The van der Waals surface area contributed by atoms with Crippen molar-refractivity contribution in [3.63, 3.8) is 0 Å². The van der Waals surface area contributed by atoms with Crippen LogP contribution in [0.1, 0.15) is 20.3 Å². The van der Waals surface area contributed by atoms with E-state index in [1.54, 1.807) is 13.8 Å². The van der Waals surface area contributed by atoms with Crippen molar-refractivity contribution in [1.82, 2.24) is 16.0 Å². The van der Waals surface area contributed by atoms with Gasteiger partial charge in [-0.3, -0.25) is 19.2 Å². The molecule has 0 heterocycles. The second-order valence-electron chi connectivity index (χ2n) is 6.26. The van der Waals surface area contributed by atoms with Crippen LogP contribution in [0.2, 0.25) is 0 Å². The number of rotatable bonds is 12. The fourth-order valence-electron chi connectivity index (χ4n) is 1.99. The van der Waals surface area contributed by atoms with Gasteiger partial charge in [0.15, 0.2) is 0 Å². The number of nitrogens with two attached hydrogens (primary N) is 1. The summed E-state index contributed by atoms with van der Waals surface area (Å²) in [6.07, 6.45) is -0.678. The van der Waals surface area contributed by atoms with E-state index in [1.807, 2.05) is 0 Å². The SMILES string of the molecule is CC(C)C(NC(=O)C(CO)NC(=O)C(N)CC(=O)O)C(=O)NC(CS)C(=O)O. The van der Waals surface area contributed by atoms with Crippen LogP contribution in [0.25, 0.3) is 0 Å². The van der Waals surface area contributed by atoms with Crippen molar-refractivity contribution in [2.24, 2.45) is 11.7 Å². The number of nitrogens with one attached hydrogen (secondary N) is 3. The second-order valence-corrected chi connectivity index (χ2v) is 6.63. The largest absolute Gasteiger partial charge is 0.481 e. The maximum Gasteiger partial charge on any atom is 0.327 e. The standard InChI is InChI=1S/C15H26N4O8S/c1-6(2)11(14(25)18-9(5-28)15(26)27)19-13(24)8(4-20)17-12(23)7(16)3-10(21)22/h6-9,11,20,28H,3-5,16H2,1-2H3,(H,17,23)(H,18,25)(H,19,24)(H,21,22)(H,26,27). The molecule has 0 aromatic carbocycles. The van der Waals surface area contributed by atoms with Gasteiger partial charge in [-0.25, -0.2) is 4.79 Å². The fourth-order valence-corrected chi connectivity index (χ4v) is 2.24. The van der Waals surface area contributed by atoms with Crippen molar-refractivity contribution in [1.29, 1.82) is 0 Å². The van der Waals surface area contributed by atoms with Gasteiger partial charge < -0.3 is 37.0 Å². The van der Waals surface area contributed by atoms with Gasteiger partial charge in [-0.05, 0) is 5.92 Å². The first-order chi connectivity index (χ1) is 12.9. The van der Waals surface area contributed by atoms with Crippen LogP contribution in [0.5, 0.6) is 0 Å². The Balaban J connectivity index is 5.09. The quantitative estimate of drug-likeness (QED) is 0.150. The third-order valence-corrected chi connectivity index (χ3v) is 3.96. The Morgan fingerprint density at radius 1 is 0.929 bits per heavy atom. The summed E-state index contributed by atoms with van der Waals surface area (Å²) in [6, 6.07) is -5.35. The van der Waals surface area contributed by atoms with Gasteiger partial charge in [-0.2, -0.15) is 12.6 Å². The Labute approximate surface area is 166 Å². The smallest absolute Gasteiger partial charge is 0.327 e. The van der Waals surface area contributed by atoms with Crippen molar-refractivity contribution in [3.05, 3.63) is 0 Å². The average Bonchev–Trinajstić information content (AvgIpc) is 2.60. The Kier molecular flexibility index (Phi) is 11.1. The number of carboxylic acid groups (broad SMARTS) is 2. The van der Waals surface area contributed by atoms with Crippen LogP contribution in [0.3, 0.4) is 0 Å². The summed E-state index contributed by atoms with van der Waals surface area (Å²) < 4.78 is 0. The van der Waals surface area contributed by atoms with E-state index in [0.29, 0.717) is 0 Å². The van der Waals surface area contributed by atoms with Gasteiger partial charge in [0.1, 0.15) is 18.1 Å². The molecule has 0 saturated heterocycles. The van der Waals surface area contributed by atoms with Gasteiger partial charge in [-0.15, -0.1) is 0 Å². The minimum absolute atomic E-state index is 0.170. The Bertz CT molecular complexity index is 601. The Hall–Kier alpha value is -2.38. The number of hydrogen-bond donors (Lipinski definition) is 8. The van der Waals surface area contributed by atoms with E-state index in [0.717, 1.165) is 0 Å². The maximum atomic E-state index is 12.3. The zero-order valence-electron chi connectivity index (χ0n) is 15.4. The van der Waals surface area contributed by atoms with E-state index < -0.39 is 72.8 Å². The molecule has 0 aromatic heterocycles. The summed E-state index contributed by atoms with van der Waals surface area (Å²) in [6.45, 7) is 2.35. The van der Waals surface area contributed by atoms with E-state index in [-0.39, 0.29) is 5.75 Å². The normalized spacial score (nSPS) is 15.1. The summed E-state index contributed by atoms with van der Waals surface area (Å²) in [5.74, 6) is -5.92.